The second kappa shape index (κ2) is 8.82. The van der Waals surface area contributed by atoms with Crippen LogP contribution in [-0.2, 0) is 21.0 Å². The van der Waals surface area contributed by atoms with Gasteiger partial charge in [0.05, 0.1) is 18.8 Å². The first kappa shape index (κ1) is 22.4. The van der Waals surface area contributed by atoms with Crippen molar-refractivity contribution in [1.29, 1.82) is 0 Å². The Bertz CT molecular complexity index is 1070. The minimum Gasteiger partial charge on any atom is -0.507 e. The second-order valence-corrected chi connectivity index (χ2v) is 10.3. The molecule has 0 aromatic heterocycles. The summed E-state index contributed by atoms with van der Waals surface area (Å²) in [7, 11) is -3.80. The Morgan fingerprint density at radius 2 is 1.90 bits per heavy atom. The molecule has 3 rings (SSSR count). The minimum absolute atomic E-state index is 0.0751. The third-order valence-electron chi connectivity index (χ3n) is 5.60. The van der Waals surface area contributed by atoms with E-state index in [0.717, 1.165) is 36.0 Å². The van der Waals surface area contributed by atoms with Crippen LogP contribution in [0.15, 0.2) is 35.7 Å². The van der Waals surface area contributed by atoms with E-state index in [4.69, 9.17) is 4.74 Å². The van der Waals surface area contributed by atoms with Crippen LogP contribution in [0.3, 0.4) is 0 Å². The molecule has 162 valence electrons. The van der Waals surface area contributed by atoms with Gasteiger partial charge in [-0.25, -0.2) is 8.42 Å². The molecule has 1 saturated heterocycles. The lowest BCUT2D eigenvalue weighted by Crippen LogP contribution is -2.41. The molecule has 0 radical (unpaired) electrons. The van der Waals surface area contributed by atoms with Crippen LogP contribution in [0.2, 0.25) is 0 Å². The summed E-state index contributed by atoms with van der Waals surface area (Å²) in [4.78, 5) is -0.0751. The van der Waals surface area contributed by atoms with Gasteiger partial charge in [0.25, 0.3) is 0 Å². The summed E-state index contributed by atoms with van der Waals surface area (Å²) in [5.41, 5.74) is 3.60. The highest BCUT2D eigenvalue weighted by atomic mass is 32.2. The van der Waals surface area contributed by atoms with Crippen LogP contribution >= 0.6 is 0 Å². The van der Waals surface area contributed by atoms with Crippen molar-refractivity contribution in [2.75, 3.05) is 13.2 Å². The maximum Gasteiger partial charge on any atom is 0.189 e. The summed E-state index contributed by atoms with van der Waals surface area (Å²) in [6.45, 7) is 10.0. The summed E-state index contributed by atoms with van der Waals surface area (Å²) in [5, 5.41) is 21.4. The minimum atomic E-state index is -3.80. The van der Waals surface area contributed by atoms with Crippen molar-refractivity contribution in [3.8, 4) is 22.6 Å². The average Bonchev–Trinajstić information content (AvgIpc) is 2.59. The molecule has 0 saturated carbocycles. The molecule has 30 heavy (non-hydrogen) atoms. The van der Waals surface area contributed by atoms with Crippen LogP contribution in [0.5, 0.6) is 11.5 Å². The summed E-state index contributed by atoms with van der Waals surface area (Å²) in [5.74, 6) is -0.516. The Labute approximate surface area is 178 Å². The van der Waals surface area contributed by atoms with E-state index in [-0.39, 0.29) is 35.2 Å². The second-order valence-electron chi connectivity index (χ2n) is 8.10. The largest absolute Gasteiger partial charge is 0.507 e. The number of phenolic OH excluding ortho intramolecular Hbond substituents is 2. The van der Waals surface area contributed by atoms with E-state index in [2.05, 4.69) is 13.5 Å². The molecule has 2 aromatic carbocycles. The Morgan fingerprint density at radius 1 is 1.20 bits per heavy atom. The van der Waals surface area contributed by atoms with E-state index in [1.807, 2.05) is 32.0 Å². The van der Waals surface area contributed by atoms with E-state index >= 15 is 0 Å². The Morgan fingerprint density at radius 3 is 2.47 bits per heavy atom. The van der Waals surface area contributed by atoms with Crippen LogP contribution in [0.4, 0.5) is 0 Å². The fourth-order valence-corrected chi connectivity index (χ4v) is 5.60. The van der Waals surface area contributed by atoms with Crippen molar-refractivity contribution in [2.45, 2.75) is 56.6 Å². The van der Waals surface area contributed by atoms with E-state index in [9.17, 15) is 18.6 Å². The van der Waals surface area contributed by atoms with Crippen molar-refractivity contribution < 1.29 is 23.4 Å². The standard InChI is InChI=1S/C24H30O5S/c1-5-6-7-8-17-12-21(25)22(20-11-16(4)9-10-19(20)15(2)3)23(26)24(17)30(27,28)18-13-29-14-18/h9-12,18,25-26H,2,5-8,13-14H2,1,3-4H3. The van der Waals surface area contributed by atoms with Gasteiger partial charge in [0.1, 0.15) is 21.6 Å². The fraction of sp³-hybridized carbons (Fsp3) is 0.417. The molecule has 0 aliphatic carbocycles. The van der Waals surface area contributed by atoms with Crippen molar-refractivity contribution in [1.82, 2.24) is 0 Å². The molecule has 5 nitrogen and oxygen atoms in total. The molecule has 1 fully saturated rings. The van der Waals surface area contributed by atoms with Crippen molar-refractivity contribution >= 4 is 15.4 Å². The van der Waals surface area contributed by atoms with E-state index < -0.39 is 15.1 Å². The monoisotopic (exact) mass is 430 g/mol. The first-order valence-corrected chi connectivity index (χ1v) is 11.9. The summed E-state index contributed by atoms with van der Waals surface area (Å²) in [6, 6.07) is 7.12. The number of phenols is 2. The van der Waals surface area contributed by atoms with Gasteiger partial charge < -0.3 is 14.9 Å². The number of aryl methyl sites for hydroxylation is 2. The number of benzene rings is 2. The highest BCUT2D eigenvalue weighted by Crippen LogP contribution is 2.47. The lowest BCUT2D eigenvalue weighted by molar-refractivity contribution is 0.0415. The molecule has 1 aliphatic rings. The number of aromatic hydroxyl groups is 2. The number of sulfone groups is 1. The van der Waals surface area contributed by atoms with Crippen molar-refractivity contribution in [3.63, 3.8) is 0 Å². The lowest BCUT2D eigenvalue weighted by Gasteiger charge is -2.28. The molecule has 1 aliphatic heterocycles. The summed E-state index contributed by atoms with van der Waals surface area (Å²) >= 11 is 0. The molecule has 0 bridgehead atoms. The highest BCUT2D eigenvalue weighted by molar-refractivity contribution is 7.92. The van der Waals surface area contributed by atoms with Gasteiger partial charge in [-0.3, -0.25) is 0 Å². The number of hydrogen-bond donors (Lipinski definition) is 2. The van der Waals surface area contributed by atoms with Gasteiger partial charge in [0.2, 0.25) is 0 Å². The third-order valence-corrected chi connectivity index (χ3v) is 7.77. The van der Waals surface area contributed by atoms with E-state index in [1.54, 1.807) is 0 Å². The van der Waals surface area contributed by atoms with Gasteiger partial charge in [-0.1, -0.05) is 55.7 Å². The van der Waals surface area contributed by atoms with Gasteiger partial charge in [0, 0.05) is 0 Å². The van der Waals surface area contributed by atoms with Crippen LogP contribution in [-0.4, -0.2) is 37.1 Å². The van der Waals surface area contributed by atoms with Gasteiger partial charge in [-0.05, 0) is 49.4 Å². The summed E-state index contributed by atoms with van der Waals surface area (Å²) < 4.78 is 31.8. The number of allylic oxidation sites excluding steroid dienone is 1. The Balaban J connectivity index is 2.28. The van der Waals surface area contributed by atoms with Gasteiger partial charge in [-0.2, -0.15) is 0 Å². The first-order valence-electron chi connectivity index (χ1n) is 10.3. The van der Waals surface area contributed by atoms with Crippen LogP contribution in [0.25, 0.3) is 16.7 Å². The highest BCUT2D eigenvalue weighted by Gasteiger charge is 2.38. The Kier molecular flexibility index (Phi) is 6.58. The first-order chi connectivity index (χ1) is 14.2. The molecule has 6 heteroatoms. The average molecular weight is 431 g/mol. The number of rotatable bonds is 8. The fourth-order valence-electron chi connectivity index (χ4n) is 3.82. The predicted molar refractivity (Wildman–Crippen MR) is 120 cm³/mol. The molecule has 0 amide bonds. The lowest BCUT2D eigenvalue weighted by atomic mass is 9.91. The van der Waals surface area contributed by atoms with Crippen molar-refractivity contribution in [2.24, 2.45) is 0 Å². The molecular weight excluding hydrogens is 400 g/mol. The van der Waals surface area contributed by atoms with E-state index in [1.165, 1.54) is 6.07 Å². The topological polar surface area (TPSA) is 83.8 Å². The quantitative estimate of drug-likeness (QED) is 0.575. The zero-order valence-corrected chi connectivity index (χ0v) is 18.7. The zero-order valence-electron chi connectivity index (χ0n) is 17.9. The van der Waals surface area contributed by atoms with Crippen LogP contribution < -0.4 is 0 Å². The van der Waals surface area contributed by atoms with Gasteiger partial charge in [-0.15, -0.1) is 0 Å². The van der Waals surface area contributed by atoms with Gasteiger partial charge >= 0.3 is 0 Å². The van der Waals surface area contributed by atoms with Crippen molar-refractivity contribution in [3.05, 3.63) is 47.5 Å². The normalized spacial score (nSPS) is 14.5. The molecule has 1 heterocycles. The number of unbranched alkanes of at least 4 members (excludes halogenated alkanes) is 2. The summed E-state index contributed by atoms with van der Waals surface area (Å²) in [6.07, 6.45) is 3.17. The number of hydrogen-bond acceptors (Lipinski definition) is 5. The van der Waals surface area contributed by atoms with Gasteiger partial charge in [0.15, 0.2) is 9.84 Å². The van der Waals surface area contributed by atoms with E-state index in [0.29, 0.717) is 17.5 Å². The van der Waals surface area contributed by atoms with Crippen LogP contribution in [0, 0.1) is 6.92 Å². The molecular formula is C24H30O5S. The molecule has 2 N–H and O–H groups in total. The Hall–Kier alpha value is -2.31. The third kappa shape index (κ3) is 4.12. The molecule has 0 spiro atoms. The smallest absolute Gasteiger partial charge is 0.189 e. The predicted octanol–water partition coefficient (Wildman–Crippen LogP) is 5.01. The van der Waals surface area contributed by atoms with Crippen LogP contribution in [0.1, 0.15) is 49.8 Å². The SMILES string of the molecule is C=C(C)c1ccc(C)cc1-c1c(O)cc(CCCCC)c(S(=O)(=O)C2COC2)c1O. The molecule has 2 aromatic rings. The maximum absolute atomic E-state index is 13.3. The molecule has 0 unspecified atom stereocenters. The zero-order chi connectivity index (χ0) is 22.1. The molecule has 0 atom stereocenters. The maximum atomic E-state index is 13.3. The number of ether oxygens (including phenoxy) is 1.